The highest BCUT2D eigenvalue weighted by Gasteiger charge is 2.43. The molecule has 0 saturated carbocycles. The summed E-state index contributed by atoms with van der Waals surface area (Å²) >= 11 is 0. The number of unbranched alkanes of at least 4 members (excludes halogenated alkanes) is 1. The van der Waals surface area contributed by atoms with Gasteiger partial charge in [-0.15, -0.1) is 0 Å². The van der Waals surface area contributed by atoms with E-state index < -0.39 is 42.2 Å². The van der Waals surface area contributed by atoms with E-state index in [9.17, 15) is 24.0 Å². The number of fused-ring (bicyclic) bond motifs is 1. The Kier molecular flexibility index (Phi) is 8.11. The summed E-state index contributed by atoms with van der Waals surface area (Å²) in [6, 6.07) is 18.1. The summed E-state index contributed by atoms with van der Waals surface area (Å²) in [5.41, 5.74) is 2.15. The maximum atomic E-state index is 13.0. The Bertz CT molecular complexity index is 1340. The molecule has 194 valence electrons. The van der Waals surface area contributed by atoms with Gasteiger partial charge < -0.3 is 9.47 Å². The van der Waals surface area contributed by atoms with Gasteiger partial charge in [0.25, 0.3) is 11.8 Å². The van der Waals surface area contributed by atoms with Gasteiger partial charge in [0.05, 0.1) is 16.7 Å². The number of hydrogen-bond acceptors (Lipinski definition) is 7. The molecule has 0 fully saturated rings. The molecule has 8 heteroatoms. The fourth-order valence-corrected chi connectivity index (χ4v) is 4.12. The fourth-order valence-electron chi connectivity index (χ4n) is 4.12. The Morgan fingerprint density at radius 3 is 1.97 bits per heavy atom. The minimum atomic E-state index is -1.13. The summed E-state index contributed by atoms with van der Waals surface area (Å²) in [5.74, 6) is -2.66. The fraction of sp³-hybridized carbons (Fsp3) is 0.233. The number of amides is 2. The van der Waals surface area contributed by atoms with E-state index in [-0.39, 0.29) is 28.9 Å². The molecular weight excluding hydrogens is 486 g/mol. The number of benzene rings is 3. The summed E-state index contributed by atoms with van der Waals surface area (Å²) in [7, 11) is 0. The SMILES string of the molecule is CCCCC(C(=O)OCC(=O)c1ccc(OC(=O)c2ccc(C)cc2)cc1)N1C(=O)c2ccccc2C1=O. The maximum Gasteiger partial charge on any atom is 0.343 e. The molecule has 0 bridgehead atoms. The van der Waals surface area contributed by atoms with E-state index in [1.807, 2.05) is 13.8 Å². The van der Waals surface area contributed by atoms with Gasteiger partial charge >= 0.3 is 11.9 Å². The smallest absolute Gasteiger partial charge is 0.343 e. The van der Waals surface area contributed by atoms with Crippen molar-refractivity contribution in [1.29, 1.82) is 0 Å². The number of carbonyl (C=O) groups excluding carboxylic acids is 5. The normalized spacial score (nSPS) is 13.2. The van der Waals surface area contributed by atoms with E-state index in [4.69, 9.17) is 9.47 Å². The third-order valence-corrected chi connectivity index (χ3v) is 6.26. The summed E-state index contributed by atoms with van der Waals surface area (Å²) in [5, 5.41) is 0. The van der Waals surface area contributed by atoms with Crippen LogP contribution in [0, 0.1) is 6.92 Å². The van der Waals surface area contributed by atoms with Gasteiger partial charge in [0.2, 0.25) is 0 Å². The van der Waals surface area contributed by atoms with Crippen molar-refractivity contribution in [3.8, 4) is 5.75 Å². The van der Waals surface area contributed by atoms with Crippen molar-refractivity contribution < 1.29 is 33.4 Å². The van der Waals surface area contributed by atoms with Gasteiger partial charge in [-0.05, 0) is 61.9 Å². The lowest BCUT2D eigenvalue weighted by Crippen LogP contribution is -2.46. The standard InChI is InChI=1S/C30H27NO7/c1-3-4-9-25(31-27(33)23-7-5-6-8-24(23)28(31)34)30(36)37-18-26(32)20-14-16-22(17-15-20)38-29(35)21-12-10-19(2)11-13-21/h5-8,10-17,25H,3-4,9,18H2,1-2H3. The van der Waals surface area contributed by atoms with E-state index in [1.54, 1.807) is 48.5 Å². The Labute approximate surface area is 220 Å². The summed E-state index contributed by atoms with van der Waals surface area (Å²) < 4.78 is 10.6. The number of carbonyl (C=O) groups is 5. The highest BCUT2D eigenvalue weighted by Crippen LogP contribution is 2.27. The van der Waals surface area contributed by atoms with Crippen molar-refractivity contribution in [1.82, 2.24) is 4.90 Å². The van der Waals surface area contributed by atoms with Crippen LogP contribution in [0.4, 0.5) is 0 Å². The van der Waals surface area contributed by atoms with E-state index in [2.05, 4.69) is 0 Å². The lowest BCUT2D eigenvalue weighted by Gasteiger charge is -2.24. The zero-order chi connectivity index (χ0) is 27.2. The number of hydrogen-bond donors (Lipinski definition) is 0. The van der Waals surface area contributed by atoms with Crippen LogP contribution in [-0.4, -0.2) is 47.1 Å². The molecule has 1 aliphatic heterocycles. The van der Waals surface area contributed by atoms with Crippen LogP contribution in [-0.2, 0) is 9.53 Å². The van der Waals surface area contributed by atoms with Crippen molar-refractivity contribution >= 4 is 29.5 Å². The van der Waals surface area contributed by atoms with Crippen molar-refractivity contribution in [2.75, 3.05) is 6.61 Å². The maximum absolute atomic E-state index is 13.0. The third-order valence-electron chi connectivity index (χ3n) is 6.26. The number of Topliss-reactive ketones (excluding diaryl/α,β-unsaturated/α-hetero) is 1. The Morgan fingerprint density at radius 1 is 0.816 bits per heavy atom. The van der Waals surface area contributed by atoms with Gasteiger partial charge in [0.15, 0.2) is 12.4 Å². The van der Waals surface area contributed by atoms with Gasteiger partial charge in [-0.3, -0.25) is 19.3 Å². The molecule has 0 N–H and O–H groups in total. The van der Waals surface area contributed by atoms with Gasteiger partial charge in [-0.25, -0.2) is 9.59 Å². The second kappa shape index (κ2) is 11.6. The van der Waals surface area contributed by atoms with Crippen molar-refractivity contribution in [2.45, 2.75) is 39.2 Å². The van der Waals surface area contributed by atoms with Crippen LogP contribution in [0.25, 0.3) is 0 Å². The number of ether oxygens (including phenoxy) is 2. The molecule has 2 amide bonds. The van der Waals surface area contributed by atoms with Crippen LogP contribution in [0.15, 0.2) is 72.8 Å². The molecule has 1 unspecified atom stereocenters. The molecule has 0 aliphatic carbocycles. The van der Waals surface area contributed by atoms with E-state index >= 15 is 0 Å². The van der Waals surface area contributed by atoms with Crippen molar-refractivity contribution in [2.24, 2.45) is 0 Å². The molecule has 1 atom stereocenters. The van der Waals surface area contributed by atoms with Gasteiger partial charge in [0.1, 0.15) is 11.8 Å². The van der Waals surface area contributed by atoms with Gasteiger partial charge in [-0.1, -0.05) is 49.6 Å². The Balaban J connectivity index is 1.38. The quantitative estimate of drug-likeness (QED) is 0.166. The molecule has 1 aliphatic rings. The molecule has 3 aromatic rings. The molecule has 3 aromatic carbocycles. The van der Waals surface area contributed by atoms with Crippen LogP contribution in [0.3, 0.4) is 0 Å². The van der Waals surface area contributed by atoms with Gasteiger partial charge in [-0.2, -0.15) is 0 Å². The average molecular weight is 514 g/mol. The number of imide groups is 1. The largest absolute Gasteiger partial charge is 0.456 e. The highest BCUT2D eigenvalue weighted by atomic mass is 16.5. The Hall–Kier alpha value is -4.59. The first-order valence-corrected chi connectivity index (χ1v) is 12.4. The number of aryl methyl sites for hydroxylation is 1. The zero-order valence-corrected chi connectivity index (χ0v) is 21.1. The van der Waals surface area contributed by atoms with Crippen molar-refractivity contribution in [3.63, 3.8) is 0 Å². The molecule has 4 rings (SSSR count). The molecule has 38 heavy (non-hydrogen) atoms. The number of esters is 2. The molecule has 1 heterocycles. The molecule has 0 radical (unpaired) electrons. The molecule has 8 nitrogen and oxygen atoms in total. The first-order chi connectivity index (χ1) is 18.3. The van der Waals surface area contributed by atoms with Gasteiger partial charge in [0, 0.05) is 5.56 Å². The number of rotatable bonds is 10. The van der Waals surface area contributed by atoms with E-state index in [0.29, 0.717) is 12.0 Å². The van der Waals surface area contributed by atoms with Crippen LogP contribution >= 0.6 is 0 Å². The molecule has 0 spiro atoms. The second-order valence-electron chi connectivity index (χ2n) is 8.99. The third kappa shape index (κ3) is 5.70. The first-order valence-electron chi connectivity index (χ1n) is 12.4. The van der Waals surface area contributed by atoms with Crippen LogP contribution in [0.2, 0.25) is 0 Å². The van der Waals surface area contributed by atoms with Crippen molar-refractivity contribution in [3.05, 3.63) is 101 Å². The summed E-state index contributed by atoms with van der Waals surface area (Å²) in [6.45, 7) is 3.28. The monoisotopic (exact) mass is 513 g/mol. The zero-order valence-electron chi connectivity index (χ0n) is 21.1. The average Bonchev–Trinajstić information content (AvgIpc) is 3.18. The molecular formula is C30H27NO7. The summed E-state index contributed by atoms with van der Waals surface area (Å²) in [4.78, 5) is 64.6. The Morgan fingerprint density at radius 2 is 1.39 bits per heavy atom. The van der Waals surface area contributed by atoms with Crippen LogP contribution in [0.5, 0.6) is 5.75 Å². The van der Waals surface area contributed by atoms with E-state index in [1.165, 1.54) is 24.3 Å². The van der Waals surface area contributed by atoms with E-state index in [0.717, 1.165) is 16.9 Å². The molecule has 0 saturated heterocycles. The number of ketones is 1. The lowest BCUT2D eigenvalue weighted by atomic mass is 10.1. The minimum absolute atomic E-state index is 0.232. The minimum Gasteiger partial charge on any atom is -0.456 e. The predicted molar refractivity (Wildman–Crippen MR) is 138 cm³/mol. The topological polar surface area (TPSA) is 107 Å². The van der Waals surface area contributed by atoms with Crippen LogP contribution < -0.4 is 4.74 Å². The second-order valence-corrected chi connectivity index (χ2v) is 8.99. The summed E-state index contributed by atoms with van der Waals surface area (Å²) in [6.07, 6.45) is 1.56. The highest BCUT2D eigenvalue weighted by molar-refractivity contribution is 6.22. The molecule has 0 aromatic heterocycles. The van der Waals surface area contributed by atoms with Crippen LogP contribution in [0.1, 0.15) is 73.2 Å². The first kappa shape index (κ1) is 26.5. The number of nitrogens with zero attached hydrogens (tertiary/aromatic N) is 1. The predicted octanol–water partition coefficient (Wildman–Crippen LogP) is 4.80. The lowest BCUT2D eigenvalue weighted by molar-refractivity contribution is -0.147.